The van der Waals surface area contributed by atoms with Crippen LogP contribution in [0.1, 0.15) is 24.8 Å². The summed E-state index contributed by atoms with van der Waals surface area (Å²) in [4.78, 5) is 30.3. The van der Waals surface area contributed by atoms with Crippen molar-refractivity contribution in [1.82, 2.24) is 24.5 Å². The Labute approximate surface area is 148 Å². The van der Waals surface area contributed by atoms with Crippen LogP contribution in [0, 0.1) is 0 Å². The highest BCUT2D eigenvalue weighted by molar-refractivity contribution is 5.87. The fourth-order valence-corrected chi connectivity index (χ4v) is 3.47. The minimum Gasteiger partial charge on any atom is -0.383 e. The van der Waals surface area contributed by atoms with Crippen molar-refractivity contribution in [3.63, 3.8) is 0 Å². The number of aryl methyl sites for hydroxylation is 1. The highest BCUT2D eigenvalue weighted by Crippen LogP contribution is 2.13. The average molecular weight is 349 g/mol. The van der Waals surface area contributed by atoms with Crippen LogP contribution < -0.4 is 0 Å². The van der Waals surface area contributed by atoms with Gasteiger partial charge in [0, 0.05) is 58.1 Å². The summed E-state index contributed by atoms with van der Waals surface area (Å²) in [7, 11) is 1.90. The SMILES string of the molecule is Cn1cc(CN2CCN(C(=O)CN3CCCCC(O)C3=O)CC2)cn1. The molecule has 0 bridgehead atoms. The number of likely N-dealkylation sites (tertiary alicyclic amines) is 1. The summed E-state index contributed by atoms with van der Waals surface area (Å²) in [6, 6.07) is 0. The zero-order valence-corrected chi connectivity index (χ0v) is 14.8. The molecule has 0 spiro atoms. The topological polar surface area (TPSA) is 81.9 Å². The monoisotopic (exact) mass is 349 g/mol. The van der Waals surface area contributed by atoms with Crippen LogP contribution in [0.2, 0.25) is 0 Å². The Morgan fingerprint density at radius 1 is 1.24 bits per heavy atom. The number of hydrogen-bond donors (Lipinski definition) is 1. The molecule has 1 aromatic heterocycles. The molecule has 138 valence electrons. The molecule has 8 heteroatoms. The van der Waals surface area contributed by atoms with Gasteiger partial charge in [0.15, 0.2) is 0 Å². The Hall–Kier alpha value is -1.93. The number of aliphatic hydroxyl groups excluding tert-OH is 1. The van der Waals surface area contributed by atoms with Crippen LogP contribution in [-0.2, 0) is 23.2 Å². The second kappa shape index (κ2) is 7.97. The van der Waals surface area contributed by atoms with Crippen molar-refractivity contribution in [3.8, 4) is 0 Å². The second-order valence-electron chi connectivity index (χ2n) is 6.95. The molecule has 2 fully saturated rings. The number of carbonyl (C=O) groups excluding carboxylic acids is 2. The smallest absolute Gasteiger partial charge is 0.251 e. The molecule has 3 rings (SSSR count). The van der Waals surface area contributed by atoms with E-state index in [1.807, 2.05) is 24.3 Å². The van der Waals surface area contributed by atoms with Gasteiger partial charge in [-0.2, -0.15) is 5.10 Å². The summed E-state index contributed by atoms with van der Waals surface area (Å²) in [5, 5.41) is 14.0. The lowest BCUT2D eigenvalue weighted by molar-refractivity contribution is -0.146. The van der Waals surface area contributed by atoms with E-state index in [-0.39, 0.29) is 18.4 Å². The standard InChI is InChI=1S/C17H27N5O3/c1-19-11-14(10-18-19)12-20-6-8-21(9-7-20)16(24)13-22-5-3-2-4-15(23)17(22)25/h10-11,15,23H,2-9,12-13H2,1H3. The van der Waals surface area contributed by atoms with E-state index in [1.54, 1.807) is 4.68 Å². The third kappa shape index (κ3) is 4.58. The number of nitrogens with zero attached hydrogens (tertiary/aromatic N) is 5. The molecule has 25 heavy (non-hydrogen) atoms. The van der Waals surface area contributed by atoms with Gasteiger partial charge in [-0.25, -0.2) is 0 Å². The van der Waals surface area contributed by atoms with Crippen molar-refractivity contribution in [2.45, 2.75) is 31.9 Å². The molecule has 1 aromatic rings. The van der Waals surface area contributed by atoms with Crippen molar-refractivity contribution < 1.29 is 14.7 Å². The highest BCUT2D eigenvalue weighted by atomic mass is 16.3. The normalized spacial score (nSPS) is 23.0. The lowest BCUT2D eigenvalue weighted by atomic mass is 10.2. The number of rotatable bonds is 4. The first-order valence-electron chi connectivity index (χ1n) is 8.97. The number of aromatic nitrogens is 2. The Morgan fingerprint density at radius 2 is 2.00 bits per heavy atom. The molecule has 0 aromatic carbocycles. The average Bonchev–Trinajstić information content (AvgIpc) is 2.94. The van der Waals surface area contributed by atoms with Gasteiger partial charge in [0.1, 0.15) is 6.10 Å². The van der Waals surface area contributed by atoms with Crippen molar-refractivity contribution in [1.29, 1.82) is 0 Å². The van der Waals surface area contributed by atoms with Crippen LogP contribution in [0.4, 0.5) is 0 Å². The molecule has 2 aliphatic rings. The number of aliphatic hydroxyl groups is 1. The molecule has 8 nitrogen and oxygen atoms in total. The van der Waals surface area contributed by atoms with E-state index in [0.717, 1.165) is 32.5 Å². The van der Waals surface area contributed by atoms with E-state index in [1.165, 1.54) is 10.5 Å². The van der Waals surface area contributed by atoms with Crippen LogP contribution in [0.15, 0.2) is 12.4 Å². The fourth-order valence-electron chi connectivity index (χ4n) is 3.47. The first-order chi connectivity index (χ1) is 12.0. The summed E-state index contributed by atoms with van der Waals surface area (Å²) in [5.41, 5.74) is 1.17. The molecule has 2 saturated heterocycles. The van der Waals surface area contributed by atoms with Gasteiger partial charge >= 0.3 is 0 Å². The molecule has 1 N–H and O–H groups in total. The maximum atomic E-state index is 12.5. The molecule has 0 aliphatic carbocycles. The Bertz CT molecular complexity index is 609. The quantitative estimate of drug-likeness (QED) is 0.788. The van der Waals surface area contributed by atoms with E-state index in [2.05, 4.69) is 10.00 Å². The van der Waals surface area contributed by atoms with Crippen LogP contribution in [0.25, 0.3) is 0 Å². The van der Waals surface area contributed by atoms with Crippen molar-refractivity contribution in [2.75, 3.05) is 39.3 Å². The lowest BCUT2D eigenvalue weighted by Gasteiger charge is -2.35. The lowest BCUT2D eigenvalue weighted by Crippen LogP contribution is -2.52. The van der Waals surface area contributed by atoms with Gasteiger partial charge in [0.25, 0.3) is 5.91 Å². The molecule has 1 unspecified atom stereocenters. The third-order valence-corrected chi connectivity index (χ3v) is 4.97. The Balaban J connectivity index is 1.47. The second-order valence-corrected chi connectivity index (χ2v) is 6.95. The van der Waals surface area contributed by atoms with E-state index in [0.29, 0.717) is 26.1 Å². The summed E-state index contributed by atoms with van der Waals surface area (Å²) >= 11 is 0. The van der Waals surface area contributed by atoms with Crippen LogP contribution in [0.3, 0.4) is 0 Å². The zero-order chi connectivity index (χ0) is 17.8. The molecule has 0 radical (unpaired) electrons. The minimum absolute atomic E-state index is 0.0246. The van der Waals surface area contributed by atoms with Gasteiger partial charge in [-0.15, -0.1) is 0 Å². The Kier molecular flexibility index (Phi) is 5.70. The van der Waals surface area contributed by atoms with E-state index >= 15 is 0 Å². The number of carbonyl (C=O) groups is 2. The highest BCUT2D eigenvalue weighted by Gasteiger charge is 2.29. The van der Waals surface area contributed by atoms with E-state index in [9.17, 15) is 14.7 Å². The first-order valence-corrected chi connectivity index (χ1v) is 8.97. The number of hydrogen-bond acceptors (Lipinski definition) is 5. The summed E-state index contributed by atoms with van der Waals surface area (Å²) in [6.07, 6.45) is 5.09. The van der Waals surface area contributed by atoms with Crippen LogP contribution in [-0.4, -0.2) is 86.8 Å². The minimum atomic E-state index is -0.952. The summed E-state index contributed by atoms with van der Waals surface area (Å²) in [5.74, 6) is -0.329. The molecular weight excluding hydrogens is 322 g/mol. The van der Waals surface area contributed by atoms with Crippen molar-refractivity contribution >= 4 is 11.8 Å². The maximum absolute atomic E-state index is 12.5. The van der Waals surface area contributed by atoms with Gasteiger partial charge in [-0.05, 0) is 19.3 Å². The molecular formula is C17H27N5O3. The van der Waals surface area contributed by atoms with E-state index in [4.69, 9.17) is 0 Å². The molecule has 1 atom stereocenters. The summed E-state index contributed by atoms with van der Waals surface area (Å²) < 4.78 is 1.79. The van der Waals surface area contributed by atoms with Crippen LogP contribution in [0.5, 0.6) is 0 Å². The number of amides is 2. The van der Waals surface area contributed by atoms with Crippen molar-refractivity contribution in [2.24, 2.45) is 7.05 Å². The molecule has 2 aliphatic heterocycles. The first kappa shape index (κ1) is 17.9. The predicted molar refractivity (Wildman–Crippen MR) is 91.5 cm³/mol. The van der Waals surface area contributed by atoms with Gasteiger partial charge < -0.3 is 14.9 Å². The van der Waals surface area contributed by atoms with E-state index < -0.39 is 6.10 Å². The largest absolute Gasteiger partial charge is 0.383 e. The molecule has 3 heterocycles. The van der Waals surface area contributed by atoms with Gasteiger partial charge in [-0.3, -0.25) is 19.2 Å². The predicted octanol–water partition coefficient (Wildman–Crippen LogP) is -0.562. The zero-order valence-electron chi connectivity index (χ0n) is 14.8. The fraction of sp³-hybridized carbons (Fsp3) is 0.706. The maximum Gasteiger partial charge on any atom is 0.251 e. The van der Waals surface area contributed by atoms with Crippen LogP contribution >= 0.6 is 0 Å². The van der Waals surface area contributed by atoms with Gasteiger partial charge in [-0.1, -0.05) is 0 Å². The molecule has 0 saturated carbocycles. The van der Waals surface area contributed by atoms with Gasteiger partial charge in [0.05, 0.1) is 12.7 Å². The number of piperazine rings is 1. The van der Waals surface area contributed by atoms with Crippen molar-refractivity contribution in [3.05, 3.63) is 18.0 Å². The Morgan fingerprint density at radius 3 is 2.68 bits per heavy atom. The third-order valence-electron chi connectivity index (χ3n) is 4.97. The molecule has 2 amide bonds. The summed E-state index contributed by atoms with van der Waals surface area (Å²) in [6.45, 7) is 4.45. The van der Waals surface area contributed by atoms with Gasteiger partial charge in [0.2, 0.25) is 5.91 Å².